The standard InChI is InChI=1S/C22H29N3O2/c1-3-4-5-17-6-8-19(9-7-17)25-12-10-18(11-13-25)14-21-23-16(2)22(27)20(15-26)24-21/h6-9,15,18,27H,3-5,10-14H2,1-2H3. The zero-order valence-electron chi connectivity index (χ0n) is 16.3. The third-order valence-corrected chi connectivity index (χ3v) is 5.45. The predicted molar refractivity (Wildman–Crippen MR) is 108 cm³/mol. The lowest BCUT2D eigenvalue weighted by atomic mass is 9.92. The minimum absolute atomic E-state index is 0.0955. The van der Waals surface area contributed by atoms with Gasteiger partial charge in [0.1, 0.15) is 11.5 Å². The summed E-state index contributed by atoms with van der Waals surface area (Å²) in [5.41, 5.74) is 3.29. The second-order valence-corrected chi connectivity index (χ2v) is 7.48. The van der Waals surface area contributed by atoms with Gasteiger partial charge in [-0.05, 0) is 56.2 Å². The van der Waals surface area contributed by atoms with Gasteiger partial charge in [-0.2, -0.15) is 0 Å². The lowest BCUT2D eigenvalue weighted by molar-refractivity contribution is 0.111. The van der Waals surface area contributed by atoms with Gasteiger partial charge in [0.25, 0.3) is 0 Å². The fourth-order valence-electron chi connectivity index (χ4n) is 3.73. The van der Waals surface area contributed by atoms with Crippen LogP contribution >= 0.6 is 0 Å². The van der Waals surface area contributed by atoms with E-state index in [9.17, 15) is 9.90 Å². The normalized spacial score (nSPS) is 15.1. The van der Waals surface area contributed by atoms with Crippen molar-refractivity contribution in [2.75, 3.05) is 18.0 Å². The summed E-state index contributed by atoms with van der Waals surface area (Å²) < 4.78 is 0. The van der Waals surface area contributed by atoms with Crippen molar-refractivity contribution in [1.82, 2.24) is 9.97 Å². The fourth-order valence-corrected chi connectivity index (χ4v) is 3.73. The first-order chi connectivity index (χ1) is 13.1. The quantitative estimate of drug-likeness (QED) is 0.746. The monoisotopic (exact) mass is 367 g/mol. The van der Waals surface area contributed by atoms with Crippen molar-refractivity contribution in [3.05, 3.63) is 47.0 Å². The highest BCUT2D eigenvalue weighted by molar-refractivity contribution is 5.76. The largest absolute Gasteiger partial charge is 0.504 e. The number of nitrogens with zero attached hydrogens (tertiary/aromatic N) is 3. The molecule has 5 heteroatoms. The summed E-state index contributed by atoms with van der Waals surface area (Å²) in [6, 6.07) is 9.00. The maximum absolute atomic E-state index is 11.0. The molecule has 0 spiro atoms. The summed E-state index contributed by atoms with van der Waals surface area (Å²) in [6.07, 6.45) is 7.15. The molecule has 1 aromatic heterocycles. The Hall–Kier alpha value is -2.43. The number of aryl methyl sites for hydroxylation is 2. The van der Waals surface area contributed by atoms with Crippen molar-refractivity contribution in [3.8, 4) is 5.75 Å². The van der Waals surface area contributed by atoms with E-state index in [0.29, 0.717) is 23.7 Å². The molecule has 5 nitrogen and oxygen atoms in total. The molecule has 144 valence electrons. The average Bonchev–Trinajstić information content (AvgIpc) is 2.70. The number of unbranched alkanes of at least 4 members (excludes halogenated alkanes) is 1. The maximum Gasteiger partial charge on any atom is 0.172 e. The van der Waals surface area contributed by atoms with Crippen LogP contribution in [-0.2, 0) is 12.8 Å². The number of aromatic hydroxyl groups is 1. The molecule has 1 fully saturated rings. The van der Waals surface area contributed by atoms with E-state index < -0.39 is 0 Å². The Kier molecular flexibility index (Phi) is 6.43. The SMILES string of the molecule is CCCCc1ccc(N2CCC(Cc3nc(C)c(O)c(C=O)n3)CC2)cc1. The molecule has 1 aliphatic rings. The molecule has 2 aromatic rings. The lowest BCUT2D eigenvalue weighted by Gasteiger charge is -2.33. The van der Waals surface area contributed by atoms with Crippen LogP contribution in [0.2, 0.25) is 0 Å². The molecule has 0 amide bonds. The van der Waals surface area contributed by atoms with Crippen LogP contribution in [0.3, 0.4) is 0 Å². The molecule has 1 aromatic carbocycles. The summed E-state index contributed by atoms with van der Waals surface area (Å²) in [5.74, 6) is 1.06. The van der Waals surface area contributed by atoms with Crippen LogP contribution in [-0.4, -0.2) is 34.5 Å². The number of aromatic nitrogens is 2. The van der Waals surface area contributed by atoms with E-state index >= 15 is 0 Å². The Morgan fingerprint density at radius 1 is 1.19 bits per heavy atom. The van der Waals surface area contributed by atoms with Crippen LogP contribution in [0, 0.1) is 12.8 Å². The van der Waals surface area contributed by atoms with E-state index in [1.807, 2.05) is 0 Å². The highest BCUT2D eigenvalue weighted by Crippen LogP contribution is 2.26. The molecule has 0 atom stereocenters. The molecule has 1 aliphatic heterocycles. The van der Waals surface area contributed by atoms with Crippen LogP contribution in [0.5, 0.6) is 5.75 Å². The van der Waals surface area contributed by atoms with E-state index in [4.69, 9.17) is 0 Å². The van der Waals surface area contributed by atoms with Crippen LogP contribution < -0.4 is 4.90 Å². The Morgan fingerprint density at radius 2 is 1.89 bits per heavy atom. The van der Waals surface area contributed by atoms with Crippen molar-refractivity contribution in [2.45, 2.75) is 52.4 Å². The molecule has 0 unspecified atom stereocenters. The van der Waals surface area contributed by atoms with Crippen LogP contribution in [0.25, 0.3) is 0 Å². The van der Waals surface area contributed by atoms with Crippen molar-refractivity contribution < 1.29 is 9.90 Å². The van der Waals surface area contributed by atoms with Gasteiger partial charge in [-0.3, -0.25) is 4.79 Å². The van der Waals surface area contributed by atoms with Gasteiger partial charge in [0, 0.05) is 25.2 Å². The summed E-state index contributed by atoms with van der Waals surface area (Å²) in [4.78, 5) is 22.1. The molecule has 27 heavy (non-hydrogen) atoms. The lowest BCUT2D eigenvalue weighted by Crippen LogP contribution is -2.34. The van der Waals surface area contributed by atoms with Crippen molar-refractivity contribution in [3.63, 3.8) is 0 Å². The molecule has 0 bridgehead atoms. The number of hydrogen-bond donors (Lipinski definition) is 1. The van der Waals surface area contributed by atoms with Gasteiger partial charge >= 0.3 is 0 Å². The molecule has 0 radical (unpaired) electrons. The van der Waals surface area contributed by atoms with Gasteiger partial charge in [-0.25, -0.2) is 9.97 Å². The smallest absolute Gasteiger partial charge is 0.172 e. The number of carbonyl (C=O) groups excluding carboxylic acids is 1. The topological polar surface area (TPSA) is 66.3 Å². The van der Waals surface area contributed by atoms with Crippen molar-refractivity contribution in [1.29, 1.82) is 0 Å². The second kappa shape index (κ2) is 8.98. The van der Waals surface area contributed by atoms with E-state index in [2.05, 4.69) is 46.1 Å². The first kappa shape index (κ1) is 19.3. The summed E-state index contributed by atoms with van der Waals surface area (Å²) in [5, 5.41) is 9.79. The van der Waals surface area contributed by atoms with Gasteiger partial charge in [-0.15, -0.1) is 0 Å². The average molecular weight is 367 g/mol. The summed E-state index contributed by atoms with van der Waals surface area (Å²) in [7, 11) is 0. The number of benzene rings is 1. The van der Waals surface area contributed by atoms with Gasteiger partial charge in [0.05, 0.1) is 5.69 Å². The number of piperidine rings is 1. The third-order valence-electron chi connectivity index (χ3n) is 5.45. The molecule has 1 saturated heterocycles. The first-order valence-corrected chi connectivity index (χ1v) is 9.96. The fraction of sp³-hybridized carbons (Fsp3) is 0.500. The Balaban J connectivity index is 1.56. The van der Waals surface area contributed by atoms with Crippen LogP contribution in [0.4, 0.5) is 5.69 Å². The molecule has 0 aliphatic carbocycles. The van der Waals surface area contributed by atoms with E-state index in [1.165, 1.54) is 24.1 Å². The van der Waals surface area contributed by atoms with Crippen LogP contribution in [0.15, 0.2) is 24.3 Å². The highest BCUT2D eigenvalue weighted by atomic mass is 16.3. The number of hydrogen-bond acceptors (Lipinski definition) is 5. The minimum Gasteiger partial charge on any atom is -0.504 e. The molecule has 0 saturated carbocycles. The first-order valence-electron chi connectivity index (χ1n) is 9.96. The Labute approximate surface area is 161 Å². The third kappa shape index (κ3) is 4.85. The zero-order valence-corrected chi connectivity index (χ0v) is 16.3. The number of anilines is 1. The highest BCUT2D eigenvalue weighted by Gasteiger charge is 2.21. The number of aldehydes is 1. The van der Waals surface area contributed by atoms with E-state index in [1.54, 1.807) is 6.92 Å². The van der Waals surface area contributed by atoms with Gasteiger partial charge in [0.2, 0.25) is 0 Å². The predicted octanol–water partition coefficient (Wildman–Crippen LogP) is 4.10. The molecule has 2 heterocycles. The van der Waals surface area contributed by atoms with E-state index in [0.717, 1.165) is 38.8 Å². The van der Waals surface area contributed by atoms with Crippen molar-refractivity contribution in [2.24, 2.45) is 5.92 Å². The molecule has 1 N–H and O–H groups in total. The Morgan fingerprint density at radius 3 is 2.52 bits per heavy atom. The van der Waals surface area contributed by atoms with E-state index in [-0.39, 0.29) is 11.4 Å². The summed E-state index contributed by atoms with van der Waals surface area (Å²) >= 11 is 0. The number of carbonyl (C=O) groups is 1. The number of rotatable bonds is 7. The second-order valence-electron chi connectivity index (χ2n) is 7.48. The molecule has 3 rings (SSSR count). The Bertz CT molecular complexity index is 766. The van der Waals surface area contributed by atoms with Crippen LogP contribution in [0.1, 0.15) is 60.2 Å². The zero-order chi connectivity index (χ0) is 19.2. The maximum atomic E-state index is 11.0. The summed E-state index contributed by atoms with van der Waals surface area (Å²) in [6.45, 7) is 5.98. The van der Waals surface area contributed by atoms with Crippen molar-refractivity contribution >= 4 is 12.0 Å². The van der Waals surface area contributed by atoms with Gasteiger partial charge in [-0.1, -0.05) is 25.5 Å². The molecular formula is C22H29N3O2. The van der Waals surface area contributed by atoms with Gasteiger partial charge < -0.3 is 10.0 Å². The minimum atomic E-state index is -0.106. The molecular weight excluding hydrogens is 338 g/mol. The van der Waals surface area contributed by atoms with Gasteiger partial charge in [0.15, 0.2) is 12.0 Å².